The number of hydrogen-bond donors (Lipinski definition) is 1. The van der Waals surface area contributed by atoms with Gasteiger partial charge < -0.3 is 9.72 Å². The molecule has 1 N–H and O–H groups in total. The monoisotopic (exact) mass is 250 g/mol. The van der Waals surface area contributed by atoms with E-state index in [1.54, 1.807) is 7.11 Å². The Hall–Kier alpha value is -2.22. The molecule has 0 amide bonds. The Labute approximate surface area is 113 Å². The summed E-state index contributed by atoms with van der Waals surface area (Å²) in [7, 11) is 1.69. The summed E-state index contributed by atoms with van der Waals surface area (Å²) >= 11 is 0. The lowest BCUT2D eigenvalue weighted by atomic mass is 10.0. The predicted octanol–water partition coefficient (Wildman–Crippen LogP) is 3.97. The molecule has 0 fully saturated rings. The summed E-state index contributed by atoms with van der Waals surface area (Å²) < 4.78 is 5.16. The molecular weight excluding hydrogens is 234 g/mol. The Kier molecular flexibility index (Phi) is 3.23. The molecule has 0 aliphatic heterocycles. The highest BCUT2D eigenvalue weighted by Gasteiger charge is 2.03. The molecule has 0 saturated heterocycles. The number of H-pyrrole nitrogens is 1. The molecule has 1 radical (unpaired) electrons. The highest BCUT2D eigenvalue weighted by atomic mass is 16.5. The minimum Gasteiger partial charge on any atom is -0.497 e. The number of benzene rings is 2. The van der Waals surface area contributed by atoms with E-state index < -0.39 is 0 Å². The Balaban J connectivity index is 1.74. The van der Waals surface area contributed by atoms with E-state index in [2.05, 4.69) is 54.0 Å². The second-order valence-electron chi connectivity index (χ2n) is 4.54. The van der Waals surface area contributed by atoms with Crippen LogP contribution in [0.1, 0.15) is 11.1 Å². The Morgan fingerprint density at radius 1 is 1.05 bits per heavy atom. The van der Waals surface area contributed by atoms with Gasteiger partial charge in [-0.05, 0) is 42.2 Å². The number of para-hydroxylation sites is 1. The molecule has 0 spiro atoms. The Morgan fingerprint density at radius 3 is 2.63 bits per heavy atom. The number of fused-ring (bicyclic) bond motifs is 1. The zero-order chi connectivity index (χ0) is 13.1. The number of aromatic amines is 1. The van der Waals surface area contributed by atoms with Gasteiger partial charge in [-0.2, -0.15) is 0 Å². The molecule has 2 aromatic carbocycles. The van der Waals surface area contributed by atoms with Crippen LogP contribution in [0, 0.1) is 6.42 Å². The molecule has 0 unspecified atom stereocenters. The van der Waals surface area contributed by atoms with Crippen LogP contribution in [0.2, 0.25) is 0 Å². The van der Waals surface area contributed by atoms with E-state index in [1.165, 1.54) is 22.0 Å². The fraction of sp³-hybridized carbons (Fsp3) is 0.118. The van der Waals surface area contributed by atoms with Crippen molar-refractivity contribution >= 4 is 10.9 Å². The summed E-state index contributed by atoms with van der Waals surface area (Å²) in [6, 6.07) is 16.5. The molecule has 95 valence electrons. The van der Waals surface area contributed by atoms with E-state index in [0.29, 0.717) is 0 Å². The van der Waals surface area contributed by atoms with Crippen molar-refractivity contribution in [3.05, 3.63) is 72.3 Å². The van der Waals surface area contributed by atoms with Crippen LogP contribution in [0.5, 0.6) is 5.75 Å². The van der Waals surface area contributed by atoms with Crippen LogP contribution in [0.4, 0.5) is 0 Å². The van der Waals surface area contributed by atoms with Gasteiger partial charge in [-0.1, -0.05) is 30.3 Å². The first kappa shape index (κ1) is 11.8. The first-order chi connectivity index (χ1) is 9.36. The Bertz CT molecular complexity index is 667. The average Bonchev–Trinajstić information content (AvgIpc) is 2.89. The average molecular weight is 250 g/mol. The highest BCUT2D eigenvalue weighted by molar-refractivity contribution is 5.83. The van der Waals surface area contributed by atoms with Crippen LogP contribution in [-0.4, -0.2) is 12.1 Å². The normalized spacial score (nSPS) is 10.8. The van der Waals surface area contributed by atoms with Gasteiger partial charge in [-0.3, -0.25) is 0 Å². The Morgan fingerprint density at radius 2 is 1.84 bits per heavy atom. The van der Waals surface area contributed by atoms with Crippen molar-refractivity contribution < 1.29 is 4.74 Å². The van der Waals surface area contributed by atoms with Crippen molar-refractivity contribution in [3.63, 3.8) is 0 Å². The van der Waals surface area contributed by atoms with Gasteiger partial charge in [0.15, 0.2) is 0 Å². The number of methoxy groups -OCH3 is 1. The number of aromatic nitrogens is 1. The molecule has 3 rings (SSSR count). The van der Waals surface area contributed by atoms with Crippen molar-refractivity contribution in [2.75, 3.05) is 7.11 Å². The van der Waals surface area contributed by atoms with Crippen LogP contribution in [0.3, 0.4) is 0 Å². The summed E-state index contributed by atoms with van der Waals surface area (Å²) in [5, 5.41) is 1.30. The molecular formula is C17H16NO. The third-order valence-electron chi connectivity index (χ3n) is 3.35. The van der Waals surface area contributed by atoms with Crippen molar-refractivity contribution in [2.24, 2.45) is 0 Å². The third kappa shape index (κ3) is 2.48. The second-order valence-corrected chi connectivity index (χ2v) is 4.54. The van der Waals surface area contributed by atoms with E-state index in [1.807, 2.05) is 12.1 Å². The van der Waals surface area contributed by atoms with Crippen LogP contribution >= 0.6 is 0 Å². The molecule has 0 aliphatic carbocycles. The van der Waals surface area contributed by atoms with Gasteiger partial charge in [0.25, 0.3) is 0 Å². The van der Waals surface area contributed by atoms with E-state index in [9.17, 15) is 0 Å². The molecule has 0 aliphatic rings. The first-order valence-corrected chi connectivity index (χ1v) is 6.39. The fourth-order valence-electron chi connectivity index (χ4n) is 2.27. The standard InChI is InChI=1S/C17H16NO/c1-19-15-10-7-13(8-11-15)6-9-14-12-18-17-5-3-2-4-16(14)17/h2-8,10-12,18H,9H2,1H3. The van der Waals surface area contributed by atoms with Crippen LogP contribution in [-0.2, 0) is 6.42 Å². The number of ether oxygens (including phenoxy) is 1. The van der Waals surface area contributed by atoms with E-state index >= 15 is 0 Å². The van der Waals surface area contributed by atoms with Crippen molar-refractivity contribution in [2.45, 2.75) is 6.42 Å². The molecule has 2 nitrogen and oxygen atoms in total. The van der Waals surface area contributed by atoms with Crippen LogP contribution in [0.25, 0.3) is 10.9 Å². The third-order valence-corrected chi connectivity index (χ3v) is 3.35. The topological polar surface area (TPSA) is 25.0 Å². The largest absolute Gasteiger partial charge is 0.497 e. The van der Waals surface area contributed by atoms with E-state index in [-0.39, 0.29) is 0 Å². The molecule has 0 bridgehead atoms. The van der Waals surface area contributed by atoms with E-state index in [0.717, 1.165) is 12.2 Å². The quantitative estimate of drug-likeness (QED) is 0.744. The number of nitrogens with one attached hydrogen (secondary N) is 1. The van der Waals surface area contributed by atoms with Gasteiger partial charge in [0.1, 0.15) is 5.75 Å². The summed E-state index contributed by atoms with van der Waals surface area (Å²) in [5.74, 6) is 0.893. The number of rotatable bonds is 4. The maximum Gasteiger partial charge on any atom is 0.118 e. The van der Waals surface area contributed by atoms with Crippen molar-refractivity contribution in [1.29, 1.82) is 0 Å². The lowest BCUT2D eigenvalue weighted by Crippen LogP contribution is -1.88. The SMILES string of the molecule is COc1ccc([CH]Cc2c[nH]c3ccccc23)cc1. The molecule has 1 heterocycles. The minimum atomic E-state index is 0.893. The van der Waals surface area contributed by atoms with Gasteiger partial charge in [-0.25, -0.2) is 0 Å². The molecule has 19 heavy (non-hydrogen) atoms. The first-order valence-electron chi connectivity index (χ1n) is 6.39. The summed E-state index contributed by atoms with van der Waals surface area (Å²) in [6.45, 7) is 0. The fourth-order valence-corrected chi connectivity index (χ4v) is 2.27. The zero-order valence-electron chi connectivity index (χ0n) is 10.9. The van der Waals surface area contributed by atoms with E-state index in [4.69, 9.17) is 4.74 Å². The molecule has 3 aromatic rings. The zero-order valence-corrected chi connectivity index (χ0v) is 10.9. The maximum absolute atomic E-state index is 5.16. The molecule has 0 atom stereocenters. The summed E-state index contributed by atoms with van der Waals surface area (Å²) in [6.07, 6.45) is 5.25. The van der Waals surface area contributed by atoms with Crippen LogP contribution < -0.4 is 4.74 Å². The van der Waals surface area contributed by atoms with Crippen molar-refractivity contribution in [3.8, 4) is 5.75 Å². The van der Waals surface area contributed by atoms with Crippen LogP contribution in [0.15, 0.2) is 54.7 Å². The molecule has 1 aromatic heterocycles. The van der Waals surface area contributed by atoms with Gasteiger partial charge in [0.05, 0.1) is 7.11 Å². The minimum absolute atomic E-state index is 0.893. The lowest BCUT2D eigenvalue weighted by Gasteiger charge is -2.03. The molecule has 0 saturated carbocycles. The second kappa shape index (κ2) is 5.19. The summed E-state index contributed by atoms with van der Waals surface area (Å²) in [4.78, 5) is 3.30. The predicted molar refractivity (Wildman–Crippen MR) is 78.4 cm³/mol. The van der Waals surface area contributed by atoms with Gasteiger partial charge in [0, 0.05) is 17.1 Å². The van der Waals surface area contributed by atoms with Gasteiger partial charge in [0.2, 0.25) is 0 Å². The maximum atomic E-state index is 5.16. The molecule has 2 heteroatoms. The smallest absolute Gasteiger partial charge is 0.118 e. The van der Waals surface area contributed by atoms with Gasteiger partial charge >= 0.3 is 0 Å². The number of hydrogen-bond acceptors (Lipinski definition) is 1. The summed E-state index contributed by atoms with van der Waals surface area (Å²) in [5.41, 5.74) is 3.73. The van der Waals surface area contributed by atoms with Crippen molar-refractivity contribution in [1.82, 2.24) is 4.98 Å². The van der Waals surface area contributed by atoms with Gasteiger partial charge in [-0.15, -0.1) is 0 Å². The lowest BCUT2D eigenvalue weighted by molar-refractivity contribution is 0.414. The highest BCUT2D eigenvalue weighted by Crippen LogP contribution is 2.21.